The van der Waals surface area contributed by atoms with Crippen LogP contribution in [0.15, 0.2) is 66.7 Å². The molecule has 5 rings (SSSR count). The van der Waals surface area contributed by atoms with Gasteiger partial charge in [-0.15, -0.1) is 0 Å². The Kier molecular flexibility index (Phi) is 8.74. The van der Waals surface area contributed by atoms with Gasteiger partial charge in [-0.25, -0.2) is 18.0 Å². The molecule has 2 aliphatic rings. The molecule has 14 heteroatoms. The van der Waals surface area contributed by atoms with Crippen molar-refractivity contribution in [3.63, 3.8) is 0 Å². The second-order valence-electron chi connectivity index (χ2n) is 10.3. The summed E-state index contributed by atoms with van der Waals surface area (Å²) in [6, 6.07) is 13.4. The number of nitrogens with zero attached hydrogens (tertiary/aromatic N) is 3. The number of aliphatic hydroxyl groups excluding tert-OH is 1. The average Bonchev–Trinajstić information content (AvgIpc) is 2.97. The number of carbonyl (C=O) groups excluding carboxylic acids is 2. The first kappa shape index (κ1) is 30.5. The summed E-state index contributed by atoms with van der Waals surface area (Å²) in [6.45, 7) is -0.344. The smallest absolute Gasteiger partial charge is 0.410 e. The fourth-order valence-electron chi connectivity index (χ4n) is 5.34. The minimum absolute atomic E-state index is 0.0402. The van der Waals surface area contributed by atoms with Gasteiger partial charge < -0.3 is 19.6 Å². The first-order chi connectivity index (χ1) is 20.4. The van der Waals surface area contributed by atoms with Crippen molar-refractivity contribution < 1.29 is 45.6 Å². The number of amides is 2. The normalized spacial score (nSPS) is 20.1. The van der Waals surface area contributed by atoms with Crippen LogP contribution in [0.5, 0.6) is 5.75 Å². The van der Waals surface area contributed by atoms with Crippen molar-refractivity contribution in [3.05, 3.63) is 95.3 Å². The predicted molar refractivity (Wildman–Crippen MR) is 148 cm³/mol. The number of anilines is 1. The zero-order valence-corrected chi connectivity index (χ0v) is 23.5. The standard InChI is InChI=1S/C29H28F3N3O7S/c30-19-3-1-18(2-4-19)26(36)12-11-24-27(35(28(24)37)21-7-5-20(31)6-8-21)23-10-9-22(17-25(23)32)42-29(38)33-13-15-34(16-14-33)43(39,40)41/h1-10,17,24,26-27,36H,11-16H2,(H,39,40,41)/t24-,26?,27-/m1/s1. The van der Waals surface area contributed by atoms with Crippen LogP contribution in [-0.2, 0) is 15.1 Å². The molecule has 43 heavy (non-hydrogen) atoms. The van der Waals surface area contributed by atoms with E-state index in [2.05, 4.69) is 0 Å². The van der Waals surface area contributed by atoms with Crippen molar-refractivity contribution in [2.75, 3.05) is 31.1 Å². The van der Waals surface area contributed by atoms with E-state index in [-0.39, 0.29) is 56.2 Å². The summed E-state index contributed by atoms with van der Waals surface area (Å²) >= 11 is 0. The van der Waals surface area contributed by atoms with E-state index in [4.69, 9.17) is 9.29 Å². The summed E-state index contributed by atoms with van der Waals surface area (Å²) in [4.78, 5) is 28.4. The van der Waals surface area contributed by atoms with E-state index in [1.165, 1.54) is 70.5 Å². The highest BCUT2D eigenvalue weighted by molar-refractivity contribution is 7.83. The number of carbonyl (C=O) groups is 2. The van der Waals surface area contributed by atoms with Gasteiger partial charge in [0.2, 0.25) is 5.91 Å². The Bertz CT molecular complexity index is 1600. The van der Waals surface area contributed by atoms with E-state index >= 15 is 4.39 Å². The van der Waals surface area contributed by atoms with E-state index in [9.17, 15) is 31.9 Å². The maximum Gasteiger partial charge on any atom is 0.415 e. The molecule has 1 unspecified atom stereocenters. The minimum atomic E-state index is -4.38. The van der Waals surface area contributed by atoms with E-state index in [0.29, 0.717) is 11.3 Å². The zero-order valence-electron chi connectivity index (χ0n) is 22.6. The Morgan fingerprint density at radius 1 is 0.930 bits per heavy atom. The molecule has 10 nitrogen and oxygen atoms in total. The topological polar surface area (TPSA) is 128 Å². The molecule has 3 aromatic carbocycles. The van der Waals surface area contributed by atoms with Crippen LogP contribution in [0.1, 0.15) is 36.1 Å². The Labute approximate surface area is 245 Å². The fourth-order valence-corrected chi connectivity index (χ4v) is 5.97. The first-order valence-corrected chi connectivity index (χ1v) is 14.8. The molecule has 2 heterocycles. The summed E-state index contributed by atoms with van der Waals surface area (Å²) < 4.78 is 80.2. The molecule has 2 saturated heterocycles. The number of hydrogen-bond donors (Lipinski definition) is 2. The van der Waals surface area contributed by atoms with Crippen molar-refractivity contribution in [2.45, 2.75) is 25.0 Å². The highest BCUT2D eigenvalue weighted by Crippen LogP contribution is 2.47. The van der Waals surface area contributed by atoms with Gasteiger partial charge in [0.25, 0.3) is 0 Å². The SMILES string of the molecule is O=C(Oc1ccc([C@@H]2[C@@H](CCC(O)c3ccc(F)cc3)C(=O)N2c2ccc(F)cc2)c(F)c1)N1CCN(S(=O)(=O)O)CC1. The van der Waals surface area contributed by atoms with Crippen molar-refractivity contribution in [1.29, 1.82) is 0 Å². The van der Waals surface area contributed by atoms with Gasteiger partial charge in [0, 0.05) is 43.5 Å². The molecule has 0 bridgehead atoms. The third kappa shape index (κ3) is 6.67. The first-order valence-electron chi connectivity index (χ1n) is 13.4. The number of benzene rings is 3. The monoisotopic (exact) mass is 619 g/mol. The third-order valence-corrected chi connectivity index (χ3v) is 8.66. The Morgan fingerprint density at radius 3 is 2.12 bits per heavy atom. The lowest BCUT2D eigenvalue weighted by Crippen LogP contribution is -2.55. The average molecular weight is 620 g/mol. The summed E-state index contributed by atoms with van der Waals surface area (Å²) in [7, 11) is -4.38. The van der Waals surface area contributed by atoms with Crippen molar-refractivity contribution in [1.82, 2.24) is 9.21 Å². The van der Waals surface area contributed by atoms with Crippen LogP contribution in [0.4, 0.5) is 23.7 Å². The number of ether oxygens (including phenoxy) is 1. The van der Waals surface area contributed by atoms with Crippen molar-refractivity contribution >= 4 is 28.0 Å². The van der Waals surface area contributed by atoms with Gasteiger partial charge in [-0.1, -0.05) is 18.2 Å². The molecule has 2 fully saturated rings. The van der Waals surface area contributed by atoms with Crippen LogP contribution in [0.25, 0.3) is 0 Å². The van der Waals surface area contributed by atoms with Crippen molar-refractivity contribution in [2.24, 2.45) is 5.92 Å². The van der Waals surface area contributed by atoms with E-state index in [0.717, 1.165) is 10.4 Å². The largest absolute Gasteiger partial charge is 0.415 e. The van der Waals surface area contributed by atoms with Gasteiger partial charge in [-0.3, -0.25) is 9.35 Å². The van der Waals surface area contributed by atoms with Crippen LogP contribution < -0.4 is 9.64 Å². The van der Waals surface area contributed by atoms with Crippen LogP contribution in [0.3, 0.4) is 0 Å². The van der Waals surface area contributed by atoms with E-state index in [1.54, 1.807) is 0 Å². The molecule has 3 aromatic rings. The third-order valence-electron chi connectivity index (χ3n) is 7.64. The van der Waals surface area contributed by atoms with E-state index in [1.807, 2.05) is 0 Å². The Morgan fingerprint density at radius 2 is 1.53 bits per heavy atom. The summed E-state index contributed by atoms with van der Waals surface area (Å²) in [6.07, 6.45) is -1.51. The molecular weight excluding hydrogens is 591 g/mol. The fraction of sp³-hybridized carbons (Fsp3) is 0.310. The maximum absolute atomic E-state index is 15.6. The van der Waals surface area contributed by atoms with Crippen LogP contribution in [0.2, 0.25) is 0 Å². The molecule has 0 aromatic heterocycles. The molecule has 2 aliphatic heterocycles. The van der Waals surface area contributed by atoms with Crippen LogP contribution in [0, 0.1) is 23.4 Å². The van der Waals surface area contributed by atoms with Gasteiger partial charge in [-0.2, -0.15) is 12.7 Å². The lowest BCUT2D eigenvalue weighted by molar-refractivity contribution is -0.131. The predicted octanol–water partition coefficient (Wildman–Crippen LogP) is 4.24. The number of β-lactam (4-membered cyclic amide) rings is 1. The lowest BCUT2D eigenvalue weighted by Gasteiger charge is -2.48. The maximum atomic E-state index is 15.6. The molecule has 2 amide bonds. The molecule has 0 spiro atoms. The quantitative estimate of drug-likeness (QED) is 0.285. The summed E-state index contributed by atoms with van der Waals surface area (Å²) in [5.41, 5.74) is 0.939. The van der Waals surface area contributed by atoms with Gasteiger partial charge in [0.1, 0.15) is 23.2 Å². The zero-order chi connectivity index (χ0) is 30.9. The van der Waals surface area contributed by atoms with Crippen LogP contribution >= 0.6 is 0 Å². The number of hydrogen-bond acceptors (Lipinski definition) is 6. The Balaban J connectivity index is 1.32. The highest BCUT2D eigenvalue weighted by atomic mass is 32.2. The molecule has 0 radical (unpaired) electrons. The highest BCUT2D eigenvalue weighted by Gasteiger charge is 2.49. The number of aliphatic hydroxyl groups is 1. The van der Waals surface area contributed by atoms with Gasteiger partial charge in [-0.05, 0) is 60.9 Å². The number of halogens is 3. The minimum Gasteiger partial charge on any atom is -0.410 e. The van der Waals surface area contributed by atoms with Crippen molar-refractivity contribution in [3.8, 4) is 5.75 Å². The lowest BCUT2D eigenvalue weighted by atomic mass is 9.78. The molecule has 3 atom stereocenters. The second kappa shape index (κ2) is 12.3. The van der Waals surface area contributed by atoms with Crippen LogP contribution in [-0.4, -0.2) is 65.5 Å². The second-order valence-corrected chi connectivity index (χ2v) is 11.7. The van der Waals surface area contributed by atoms with E-state index < -0.39 is 51.9 Å². The Hall–Kier alpha value is -3.98. The van der Waals surface area contributed by atoms with Gasteiger partial charge in [0.15, 0.2) is 0 Å². The number of piperazine rings is 1. The summed E-state index contributed by atoms with van der Waals surface area (Å²) in [5, 5.41) is 10.6. The van der Waals surface area contributed by atoms with Gasteiger partial charge >= 0.3 is 16.4 Å². The summed E-state index contributed by atoms with van der Waals surface area (Å²) in [5.74, 6) is -2.93. The molecular formula is C29H28F3N3O7S. The molecule has 0 saturated carbocycles. The molecule has 2 N–H and O–H groups in total. The van der Waals surface area contributed by atoms with Gasteiger partial charge in [0.05, 0.1) is 18.1 Å². The molecule has 228 valence electrons. The molecule has 0 aliphatic carbocycles. The number of rotatable bonds is 8.